The molecular formula is C22H32FN. The molecule has 132 valence electrons. The van der Waals surface area contributed by atoms with Crippen LogP contribution >= 0.6 is 0 Å². The second-order valence-corrected chi connectivity index (χ2v) is 7.64. The first kappa shape index (κ1) is 19.0. The second kappa shape index (κ2) is 10.5. The van der Waals surface area contributed by atoms with E-state index in [0.717, 1.165) is 17.8 Å². The maximum atomic E-state index is 12.7. The molecule has 0 aliphatic heterocycles. The lowest BCUT2D eigenvalue weighted by molar-refractivity contribution is 0.292. The quantitative estimate of drug-likeness (QED) is 0.296. The summed E-state index contributed by atoms with van der Waals surface area (Å²) in [6.07, 6.45) is 23.2. The summed E-state index contributed by atoms with van der Waals surface area (Å²) in [7, 11) is 0. The van der Waals surface area contributed by atoms with Gasteiger partial charge in [-0.05, 0) is 81.1 Å². The lowest BCUT2D eigenvalue weighted by atomic mass is 9.78. The van der Waals surface area contributed by atoms with E-state index in [1.807, 2.05) is 0 Å². The highest BCUT2D eigenvalue weighted by molar-refractivity contribution is 5.19. The van der Waals surface area contributed by atoms with Crippen molar-refractivity contribution in [3.05, 3.63) is 36.2 Å². The Bertz CT molecular complexity index is 481. The van der Waals surface area contributed by atoms with Gasteiger partial charge in [0, 0.05) is 0 Å². The third kappa shape index (κ3) is 6.63. The molecular weight excluding hydrogens is 297 g/mol. The van der Waals surface area contributed by atoms with Gasteiger partial charge in [-0.15, -0.1) is 0 Å². The van der Waals surface area contributed by atoms with Crippen LogP contribution < -0.4 is 0 Å². The Morgan fingerprint density at radius 3 is 1.92 bits per heavy atom. The number of hydrogen-bond acceptors (Lipinski definition) is 1. The minimum absolute atomic E-state index is 0.543. The van der Waals surface area contributed by atoms with Crippen LogP contribution in [-0.4, -0.2) is 0 Å². The fraction of sp³-hybridized carbons (Fsp3) is 0.682. The van der Waals surface area contributed by atoms with Crippen molar-refractivity contribution in [2.24, 2.45) is 23.7 Å². The van der Waals surface area contributed by atoms with E-state index >= 15 is 0 Å². The van der Waals surface area contributed by atoms with Crippen LogP contribution in [0.1, 0.15) is 71.1 Å². The SMILES string of the molecule is CCC[C@H]1CC[C@H](C=C[C@H]2CC[C@H](C=CC=C(F)C#N)CC2)CC1. The molecule has 0 unspecified atom stereocenters. The molecule has 0 heterocycles. The molecule has 0 aromatic heterocycles. The summed E-state index contributed by atoms with van der Waals surface area (Å²) in [5.41, 5.74) is 0. The smallest absolute Gasteiger partial charge is 0.195 e. The van der Waals surface area contributed by atoms with Crippen LogP contribution in [0.4, 0.5) is 4.39 Å². The molecule has 0 aromatic rings. The van der Waals surface area contributed by atoms with Gasteiger partial charge in [0.1, 0.15) is 6.07 Å². The third-order valence-electron chi connectivity index (χ3n) is 5.79. The molecule has 2 rings (SSSR count). The number of rotatable bonds is 6. The highest BCUT2D eigenvalue weighted by Crippen LogP contribution is 2.34. The third-order valence-corrected chi connectivity index (χ3v) is 5.79. The van der Waals surface area contributed by atoms with Gasteiger partial charge in [0.15, 0.2) is 5.83 Å². The van der Waals surface area contributed by atoms with Gasteiger partial charge in [-0.3, -0.25) is 0 Å². The molecule has 1 nitrogen and oxygen atoms in total. The largest absolute Gasteiger partial charge is 0.199 e. The summed E-state index contributed by atoms with van der Waals surface area (Å²) < 4.78 is 12.7. The van der Waals surface area contributed by atoms with Gasteiger partial charge in [-0.2, -0.15) is 9.65 Å². The zero-order chi connectivity index (χ0) is 17.2. The molecule has 0 amide bonds. The summed E-state index contributed by atoms with van der Waals surface area (Å²) in [6, 6.07) is 1.50. The zero-order valence-electron chi connectivity index (χ0n) is 15.1. The van der Waals surface area contributed by atoms with Gasteiger partial charge in [-0.25, -0.2) is 0 Å². The molecule has 2 fully saturated rings. The maximum Gasteiger partial charge on any atom is 0.199 e. The molecule has 0 spiro atoms. The number of nitrogens with zero attached hydrogens (tertiary/aromatic N) is 1. The fourth-order valence-corrected chi connectivity index (χ4v) is 4.26. The van der Waals surface area contributed by atoms with E-state index in [4.69, 9.17) is 5.26 Å². The standard InChI is InChI=1S/C22H32FN/c1-2-4-18-7-11-20(12-8-18)15-16-21-13-9-19(10-14-21)5-3-6-22(23)17-24/h3,5-6,15-16,18-21H,2,4,7-14H2,1H3/t18-,19-,20-,21-. The highest BCUT2D eigenvalue weighted by atomic mass is 19.1. The number of allylic oxidation sites excluding steroid dienone is 6. The summed E-state index contributed by atoms with van der Waals surface area (Å²) in [6.45, 7) is 2.30. The number of halogens is 1. The van der Waals surface area contributed by atoms with Crippen molar-refractivity contribution in [1.29, 1.82) is 5.26 Å². The molecule has 0 radical (unpaired) electrons. The lowest BCUT2D eigenvalue weighted by Crippen LogP contribution is -2.14. The first-order valence-electron chi connectivity index (χ1n) is 9.83. The topological polar surface area (TPSA) is 23.8 Å². The molecule has 0 aromatic carbocycles. The Kier molecular flexibility index (Phi) is 8.29. The van der Waals surface area contributed by atoms with Gasteiger partial charge in [-0.1, -0.05) is 44.1 Å². The second-order valence-electron chi connectivity index (χ2n) is 7.64. The molecule has 0 saturated heterocycles. The molecule has 0 bridgehead atoms. The van der Waals surface area contributed by atoms with Gasteiger partial charge in [0.25, 0.3) is 0 Å². The normalized spacial score (nSPS) is 32.3. The van der Waals surface area contributed by atoms with Crippen molar-refractivity contribution in [3.8, 4) is 6.07 Å². The molecule has 2 saturated carbocycles. The molecule has 2 aliphatic carbocycles. The van der Waals surface area contributed by atoms with Crippen LogP contribution in [0, 0.1) is 35.0 Å². The van der Waals surface area contributed by atoms with Gasteiger partial charge >= 0.3 is 0 Å². The highest BCUT2D eigenvalue weighted by Gasteiger charge is 2.20. The van der Waals surface area contributed by atoms with E-state index in [1.165, 1.54) is 76.4 Å². The predicted octanol–water partition coefficient (Wildman–Crippen LogP) is 6.89. The van der Waals surface area contributed by atoms with Crippen molar-refractivity contribution >= 4 is 0 Å². The summed E-state index contributed by atoms with van der Waals surface area (Å²) in [5.74, 6) is 2.37. The van der Waals surface area contributed by atoms with Crippen molar-refractivity contribution in [2.75, 3.05) is 0 Å². The van der Waals surface area contributed by atoms with Gasteiger partial charge < -0.3 is 0 Å². The number of nitriles is 1. The van der Waals surface area contributed by atoms with Crippen LogP contribution in [0.25, 0.3) is 0 Å². The number of hydrogen-bond donors (Lipinski definition) is 0. The van der Waals surface area contributed by atoms with Crippen LogP contribution in [0.2, 0.25) is 0 Å². The van der Waals surface area contributed by atoms with Gasteiger partial charge in [0.2, 0.25) is 0 Å². The van der Waals surface area contributed by atoms with Crippen LogP contribution in [0.15, 0.2) is 36.2 Å². The van der Waals surface area contributed by atoms with E-state index in [1.54, 1.807) is 6.08 Å². The Labute approximate surface area is 147 Å². The first-order valence-corrected chi connectivity index (χ1v) is 9.83. The van der Waals surface area contributed by atoms with E-state index < -0.39 is 5.83 Å². The van der Waals surface area contributed by atoms with Crippen LogP contribution in [-0.2, 0) is 0 Å². The Morgan fingerprint density at radius 1 is 0.917 bits per heavy atom. The fourth-order valence-electron chi connectivity index (χ4n) is 4.26. The lowest BCUT2D eigenvalue weighted by Gasteiger charge is -2.28. The van der Waals surface area contributed by atoms with Crippen molar-refractivity contribution in [1.82, 2.24) is 0 Å². The molecule has 24 heavy (non-hydrogen) atoms. The summed E-state index contributed by atoms with van der Waals surface area (Å²) in [5, 5.41) is 8.38. The molecule has 2 aliphatic rings. The van der Waals surface area contributed by atoms with Gasteiger partial charge in [0.05, 0.1) is 0 Å². The Morgan fingerprint density at radius 2 is 1.42 bits per heavy atom. The average Bonchev–Trinajstić information content (AvgIpc) is 2.62. The first-order chi connectivity index (χ1) is 11.7. The van der Waals surface area contributed by atoms with Crippen LogP contribution in [0.5, 0.6) is 0 Å². The maximum absolute atomic E-state index is 12.7. The van der Waals surface area contributed by atoms with Crippen molar-refractivity contribution in [3.63, 3.8) is 0 Å². The Balaban J connectivity index is 1.67. The van der Waals surface area contributed by atoms with E-state index in [2.05, 4.69) is 25.2 Å². The average molecular weight is 330 g/mol. The van der Waals surface area contributed by atoms with E-state index in [0.29, 0.717) is 5.92 Å². The predicted molar refractivity (Wildman–Crippen MR) is 98.9 cm³/mol. The van der Waals surface area contributed by atoms with Crippen LogP contribution in [0.3, 0.4) is 0 Å². The molecule has 0 atom stereocenters. The summed E-state index contributed by atoms with van der Waals surface area (Å²) >= 11 is 0. The molecule has 0 N–H and O–H groups in total. The minimum atomic E-state index is -0.712. The Hall–Kier alpha value is -1.36. The minimum Gasteiger partial charge on any atom is -0.195 e. The van der Waals surface area contributed by atoms with Crippen molar-refractivity contribution in [2.45, 2.75) is 71.1 Å². The monoisotopic (exact) mass is 329 g/mol. The molecule has 2 heteroatoms. The van der Waals surface area contributed by atoms with E-state index in [-0.39, 0.29) is 0 Å². The zero-order valence-corrected chi connectivity index (χ0v) is 15.1. The van der Waals surface area contributed by atoms with E-state index in [9.17, 15) is 4.39 Å². The van der Waals surface area contributed by atoms with Crippen molar-refractivity contribution < 1.29 is 4.39 Å². The summed E-state index contributed by atoms with van der Waals surface area (Å²) in [4.78, 5) is 0.